The minimum absolute atomic E-state index is 0.138. The summed E-state index contributed by atoms with van der Waals surface area (Å²) in [7, 11) is 0. The van der Waals surface area contributed by atoms with Crippen molar-refractivity contribution in [2.45, 2.75) is 9.79 Å². The smallest absolute Gasteiger partial charge is 0.124 e. The fourth-order valence-electron chi connectivity index (χ4n) is 1.33. The fourth-order valence-corrected chi connectivity index (χ4v) is 2.26. The van der Waals surface area contributed by atoms with Crippen molar-refractivity contribution >= 4 is 17.6 Å². The number of benzene rings is 1. The van der Waals surface area contributed by atoms with Gasteiger partial charge in [-0.05, 0) is 30.3 Å². The highest BCUT2D eigenvalue weighted by Gasteiger charge is 2.08. The molecule has 0 aliphatic carbocycles. The first-order valence-electron chi connectivity index (χ1n) is 4.88. The van der Waals surface area contributed by atoms with Gasteiger partial charge in [0.15, 0.2) is 0 Å². The predicted octanol–water partition coefficient (Wildman–Crippen LogP) is 2.66. The highest BCUT2D eigenvalue weighted by atomic mass is 32.2. The lowest BCUT2D eigenvalue weighted by molar-refractivity contribution is 0.626. The number of halogens is 1. The first-order chi connectivity index (χ1) is 8.16. The van der Waals surface area contributed by atoms with E-state index in [1.54, 1.807) is 18.5 Å². The Hall–Kier alpha value is -1.88. The van der Waals surface area contributed by atoms with Gasteiger partial charge in [0, 0.05) is 27.7 Å². The molecule has 1 aromatic carbocycles. The van der Waals surface area contributed by atoms with Crippen LogP contribution in [0.15, 0.2) is 52.5 Å². The van der Waals surface area contributed by atoms with Gasteiger partial charge in [0.2, 0.25) is 0 Å². The molecule has 0 radical (unpaired) electrons. The molecule has 0 unspecified atom stereocenters. The molecule has 2 aromatic rings. The minimum Gasteiger partial charge on any atom is -0.384 e. The summed E-state index contributed by atoms with van der Waals surface area (Å²) in [6.07, 6.45) is 3.36. The van der Waals surface area contributed by atoms with E-state index in [0.29, 0.717) is 5.56 Å². The number of aromatic nitrogens is 1. The van der Waals surface area contributed by atoms with Crippen LogP contribution in [0, 0.1) is 11.2 Å². The van der Waals surface area contributed by atoms with Crippen LogP contribution in [0.1, 0.15) is 5.56 Å². The highest BCUT2D eigenvalue weighted by molar-refractivity contribution is 7.99. The quantitative estimate of drug-likeness (QED) is 0.647. The van der Waals surface area contributed by atoms with E-state index in [0.717, 1.165) is 9.79 Å². The number of amidine groups is 1. The first-order valence-corrected chi connectivity index (χ1v) is 5.70. The molecule has 86 valence electrons. The van der Waals surface area contributed by atoms with Gasteiger partial charge in [-0.15, -0.1) is 0 Å². The Kier molecular flexibility index (Phi) is 3.39. The number of hydrogen-bond acceptors (Lipinski definition) is 3. The SMILES string of the molecule is N=C(N)c1cc(F)ccc1Sc1ccncc1. The standard InChI is InChI=1S/C12H10FN3S/c13-8-1-2-11(10(7-8)12(14)15)17-9-3-5-16-6-4-9/h1-7H,(H3,14,15). The molecule has 5 heteroatoms. The highest BCUT2D eigenvalue weighted by Crippen LogP contribution is 2.30. The van der Waals surface area contributed by atoms with Crippen molar-refractivity contribution in [1.82, 2.24) is 4.98 Å². The molecule has 17 heavy (non-hydrogen) atoms. The predicted molar refractivity (Wildman–Crippen MR) is 65.8 cm³/mol. The molecule has 0 bridgehead atoms. The number of nitrogen functional groups attached to an aromatic ring is 1. The van der Waals surface area contributed by atoms with E-state index in [1.165, 1.54) is 23.9 Å². The van der Waals surface area contributed by atoms with Gasteiger partial charge in [-0.3, -0.25) is 10.4 Å². The Bertz CT molecular complexity index is 543. The second kappa shape index (κ2) is 4.97. The van der Waals surface area contributed by atoms with Crippen molar-refractivity contribution < 1.29 is 4.39 Å². The van der Waals surface area contributed by atoms with Gasteiger partial charge < -0.3 is 5.73 Å². The summed E-state index contributed by atoms with van der Waals surface area (Å²) in [6, 6.07) is 7.94. The van der Waals surface area contributed by atoms with Crippen molar-refractivity contribution in [3.63, 3.8) is 0 Å². The molecule has 0 aliphatic heterocycles. The van der Waals surface area contributed by atoms with Crippen molar-refractivity contribution in [3.8, 4) is 0 Å². The van der Waals surface area contributed by atoms with Crippen molar-refractivity contribution in [1.29, 1.82) is 5.41 Å². The molecule has 1 heterocycles. The van der Waals surface area contributed by atoms with Gasteiger partial charge in [-0.1, -0.05) is 11.8 Å². The Morgan fingerprint density at radius 1 is 1.24 bits per heavy atom. The van der Waals surface area contributed by atoms with E-state index < -0.39 is 5.82 Å². The lowest BCUT2D eigenvalue weighted by atomic mass is 10.2. The second-order valence-electron chi connectivity index (χ2n) is 3.34. The molecule has 0 amide bonds. The third-order valence-corrected chi connectivity index (χ3v) is 3.19. The van der Waals surface area contributed by atoms with E-state index >= 15 is 0 Å². The second-order valence-corrected chi connectivity index (χ2v) is 4.45. The third kappa shape index (κ3) is 2.82. The van der Waals surface area contributed by atoms with Gasteiger partial charge in [0.05, 0.1) is 0 Å². The number of hydrogen-bond donors (Lipinski definition) is 2. The molecule has 0 saturated carbocycles. The largest absolute Gasteiger partial charge is 0.384 e. The molecular weight excluding hydrogens is 237 g/mol. The van der Waals surface area contributed by atoms with Crippen LogP contribution in [-0.4, -0.2) is 10.8 Å². The van der Waals surface area contributed by atoms with Gasteiger partial charge in [-0.2, -0.15) is 0 Å². The van der Waals surface area contributed by atoms with Crippen LogP contribution in [0.3, 0.4) is 0 Å². The molecule has 0 atom stereocenters. The van der Waals surface area contributed by atoms with Crippen LogP contribution in [0.2, 0.25) is 0 Å². The fraction of sp³-hybridized carbons (Fsp3) is 0. The van der Waals surface area contributed by atoms with Crippen LogP contribution in [-0.2, 0) is 0 Å². The molecule has 0 saturated heterocycles. The topological polar surface area (TPSA) is 62.8 Å². The maximum atomic E-state index is 13.1. The summed E-state index contributed by atoms with van der Waals surface area (Å²) in [4.78, 5) is 5.64. The Balaban J connectivity index is 2.36. The van der Waals surface area contributed by atoms with Gasteiger partial charge in [-0.25, -0.2) is 4.39 Å². The minimum atomic E-state index is -0.394. The van der Waals surface area contributed by atoms with Crippen molar-refractivity contribution in [2.24, 2.45) is 5.73 Å². The molecule has 0 fully saturated rings. The summed E-state index contributed by atoms with van der Waals surface area (Å²) in [5.74, 6) is -0.532. The Morgan fingerprint density at radius 2 is 1.94 bits per heavy atom. The van der Waals surface area contributed by atoms with Crippen LogP contribution in [0.5, 0.6) is 0 Å². The molecule has 0 aliphatic rings. The number of rotatable bonds is 3. The summed E-state index contributed by atoms with van der Waals surface area (Å²) in [6.45, 7) is 0. The molecule has 3 N–H and O–H groups in total. The lowest BCUT2D eigenvalue weighted by Crippen LogP contribution is -2.12. The van der Waals surface area contributed by atoms with E-state index in [9.17, 15) is 4.39 Å². The number of nitrogens with zero attached hydrogens (tertiary/aromatic N) is 1. The zero-order valence-electron chi connectivity index (χ0n) is 8.85. The zero-order valence-corrected chi connectivity index (χ0v) is 9.67. The average Bonchev–Trinajstić information content (AvgIpc) is 2.32. The number of nitrogens with two attached hydrogens (primary N) is 1. The van der Waals surface area contributed by atoms with Crippen molar-refractivity contribution in [2.75, 3.05) is 0 Å². The van der Waals surface area contributed by atoms with Gasteiger partial charge in [0.25, 0.3) is 0 Å². The molecular formula is C12H10FN3S. The molecule has 1 aromatic heterocycles. The molecule has 2 rings (SSSR count). The van der Waals surface area contributed by atoms with E-state index in [1.807, 2.05) is 12.1 Å². The lowest BCUT2D eigenvalue weighted by Gasteiger charge is -2.07. The Labute approximate surface area is 102 Å². The van der Waals surface area contributed by atoms with Gasteiger partial charge in [0.1, 0.15) is 11.7 Å². The maximum Gasteiger partial charge on any atom is 0.124 e. The number of nitrogens with one attached hydrogen (secondary N) is 1. The summed E-state index contributed by atoms with van der Waals surface area (Å²) >= 11 is 1.42. The Morgan fingerprint density at radius 3 is 2.59 bits per heavy atom. The summed E-state index contributed by atoms with van der Waals surface area (Å²) < 4.78 is 13.1. The average molecular weight is 247 g/mol. The van der Waals surface area contributed by atoms with E-state index in [-0.39, 0.29) is 5.84 Å². The van der Waals surface area contributed by atoms with Crippen LogP contribution < -0.4 is 5.73 Å². The normalized spacial score (nSPS) is 10.2. The van der Waals surface area contributed by atoms with Gasteiger partial charge >= 0.3 is 0 Å². The van der Waals surface area contributed by atoms with E-state index in [4.69, 9.17) is 11.1 Å². The van der Waals surface area contributed by atoms with E-state index in [2.05, 4.69) is 4.98 Å². The van der Waals surface area contributed by atoms with Crippen LogP contribution >= 0.6 is 11.8 Å². The number of pyridine rings is 1. The summed E-state index contributed by atoms with van der Waals surface area (Å²) in [5, 5.41) is 7.42. The van der Waals surface area contributed by atoms with Crippen LogP contribution in [0.4, 0.5) is 4.39 Å². The monoisotopic (exact) mass is 247 g/mol. The first kappa shape index (κ1) is 11.6. The zero-order chi connectivity index (χ0) is 12.3. The maximum absolute atomic E-state index is 13.1. The third-order valence-electron chi connectivity index (χ3n) is 2.11. The summed E-state index contributed by atoms with van der Waals surface area (Å²) in [5.41, 5.74) is 5.84. The van der Waals surface area contributed by atoms with Crippen molar-refractivity contribution in [3.05, 3.63) is 54.1 Å². The molecule has 3 nitrogen and oxygen atoms in total. The molecule has 0 spiro atoms. The van der Waals surface area contributed by atoms with Crippen LogP contribution in [0.25, 0.3) is 0 Å².